The van der Waals surface area contributed by atoms with Crippen molar-refractivity contribution < 1.29 is 9.25 Å². The Morgan fingerprint density at radius 2 is 1.73 bits per heavy atom. The normalized spacial score (nSPS) is 11.3. The molecular weight excluding hydrogens is 326 g/mol. The van der Waals surface area contributed by atoms with Crippen LogP contribution in [-0.4, -0.2) is 17.0 Å². The monoisotopic (exact) mass is 344 g/mol. The first-order chi connectivity index (χ1) is 12.8. The van der Waals surface area contributed by atoms with Gasteiger partial charge >= 0.3 is 5.56 Å². The Hall–Kier alpha value is -3.60. The Bertz CT molecular complexity index is 1120. The van der Waals surface area contributed by atoms with Crippen molar-refractivity contribution in [3.05, 3.63) is 88.7 Å². The van der Waals surface area contributed by atoms with Crippen LogP contribution in [0.25, 0.3) is 29.1 Å². The van der Waals surface area contributed by atoms with Gasteiger partial charge in [-0.15, -0.1) is 4.52 Å². The molecule has 0 aliphatic heterocycles. The third-order valence-electron chi connectivity index (χ3n) is 4.24. The molecule has 26 heavy (non-hydrogen) atoms. The van der Waals surface area contributed by atoms with Gasteiger partial charge < -0.3 is 4.74 Å². The Balaban J connectivity index is 1.79. The predicted octanol–water partition coefficient (Wildman–Crippen LogP) is 3.22. The molecule has 0 aliphatic carbocycles. The highest BCUT2D eigenvalue weighted by atomic mass is 16.5. The summed E-state index contributed by atoms with van der Waals surface area (Å²) in [4.78, 5) is 12.7. The van der Waals surface area contributed by atoms with Crippen molar-refractivity contribution >= 4 is 17.8 Å². The highest BCUT2D eigenvalue weighted by Crippen LogP contribution is 2.19. The molecule has 0 aliphatic rings. The van der Waals surface area contributed by atoms with Crippen molar-refractivity contribution in [1.82, 2.24) is 9.90 Å². The highest BCUT2D eigenvalue weighted by Gasteiger charge is 2.17. The molecule has 0 radical (unpaired) electrons. The smallest absolute Gasteiger partial charge is 0.405 e. The molecule has 1 N–H and O–H groups in total. The molecule has 0 saturated heterocycles. The Morgan fingerprint density at radius 1 is 0.962 bits per heavy atom. The standard InChI is InChI=1S/C21H17N3O2/c1-26-18-12-10-17(11-13-18)19-8-5-9-20-21(25)23(22-24(19)20)15-14-16-6-3-2-4-7-16/h2-15H,1H3/p+1/b15-14+. The second-order valence-corrected chi connectivity index (χ2v) is 5.86. The highest BCUT2D eigenvalue weighted by molar-refractivity contribution is 5.61. The molecule has 5 heteroatoms. The van der Waals surface area contributed by atoms with E-state index in [2.05, 4.69) is 5.21 Å². The van der Waals surface area contributed by atoms with Gasteiger partial charge in [0.05, 0.1) is 7.11 Å². The van der Waals surface area contributed by atoms with Crippen LogP contribution in [-0.2, 0) is 0 Å². The average Bonchev–Trinajstić information content (AvgIpc) is 3.03. The van der Waals surface area contributed by atoms with E-state index in [1.54, 1.807) is 23.9 Å². The first kappa shape index (κ1) is 15.9. The number of H-pyrrole nitrogens is 1. The van der Waals surface area contributed by atoms with Crippen molar-refractivity contribution in [2.24, 2.45) is 0 Å². The van der Waals surface area contributed by atoms with Crippen LogP contribution in [0.1, 0.15) is 5.56 Å². The summed E-state index contributed by atoms with van der Waals surface area (Å²) in [5.74, 6) is 0.794. The van der Waals surface area contributed by atoms with Gasteiger partial charge in [0.25, 0.3) is 0 Å². The molecule has 5 nitrogen and oxygen atoms in total. The van der Waals surface area contributed by atoms with Crippen molar-refractivity contribution in [3.8, 4) is 17.0 Å². The summed E-state index contributed by atoms with van der Waals surface area (Å²) in [6.07, 6.45) is 3.63. The fourth-order valence-electron chi connectivity index (χ4n) is 2.87. The molecule has 0 unspecified atom stereocenters. The molecule has 2 aromatic heterocycles. The molecule has 2 aromatic carbocycles. The van der Waals surface area contributed by atoms with Gasteiger partial charge in [0, 0.05) is 5.56 Å². The van der Waals surface area contributed by atoms with E-state index in [-0.39, 0.29) is 5.56 Å². The zero-order valence-electron chi connectivity index (χ0n) is 14.3. The van der Waals surface area contributed by atoms with Gasteiger partial charge in [0.15, 0.2) is 5.69 Å². The molecule has 4 aromatic rings. The lowest BCUT2D eigenvalue weighted by atomic mass is 10.1. The number of pyridine rings is 1. The summed E-state index contributed by atoms with van der Waals surface area (Å²) in [6.45, 7) is 0. The van der Waals surface area contributed by atoms with Gasteiger partial charge in [-0.25, -0.2) is 4.79 Å². The molecule has 0 saturated carbocycles. The summed E-state index contributed by atoms with van der Waals surface area (Å²) in [7, 11) is 1.64. The quantitative estimate of drug-likeness (QED) is 0.578. The van der Waals surface area contributed by atoms with Crippen molar-refractivity contribution in [2.45, 2.75) is 0 Å². The van der Waals surface area contributed by atoms with Gasteiger partial charge in [-0.1, -0.05) is 46.3 Å². The maximum Gasteiger partial charge on any atom is 0.405 e. The summed E-state index contributed by atoms with van der Waals surface area (Å²) in [5, 5.41) is 3.13. The molecule has 0 atom stereocenters. The minimum atomic E-state index is -0.104. The predicted molar refractivity (Wildman–Crippen MR) is 102 cm³/mol. The number of aromatic amines is 1. The molecule has 0 fully saturated rings. The number of nitrogens with one attached hydrogen (secondary N) is 1. The number of ether oxygens (including phenoxy) is 1. The zero-order valence-corrected chi connectivity index (χ0v) is 14.3. The number of nitrogens with zero attached hydrogens (tertiary/aromatic N) is 2. The molecular formula is C21H18N3O2+. The van der Waals surface area contributed by atoms with E-state index in [0.29, 0.717) is 5.52 Å². The number of aromatic nitrogens is 3. The number of hydrogen-bond donors (Lipinski definition) is 1. The summed E-state index contributed by atoms with van der Waals surface area (Å²) in [5.41, 5.74) is 3.39. The van der Waals surface area contributed by atoms with E-state index < -0.39 is 0 Å². The lowest BCUT2D eigenvalue weighted by molar-refractivity contribution is -0.571. The minimum absolute atomic E-state index is 0.104. The van der Waals surface area contributed by atoms with Gasteiger partial charge in [0.1, 0.15) is 11.9 Å². The Morgan fingerprint density at radius 3 is 2.46 bits per heavy atom. The minimum Gasteiger partial charge on any atom is -0.497 e. The number of rotatable bonds is 4. The van der Waals surface area contributed by atoms with E-state index in [1.165, 1.54) is 4.68 Å². The van der Waals surface area contributed by atoms with Crippen LogP contribution in [0.4, 0.5) is 0 Å². The second kappa shape index (κ2) is 6.72. The number of fused-ring (bicyclic) bond motifs is 1. The third-order valence-corrected chi connectivity index (χ3v) is 4.24. The molecule has 0 spiro atoms. The van der Waals surface area contributed by atoms with E-state index in [0.717, 1.165) is 22.6 Å². The van der Waals surface area contributed by atoms with E-state index >= 15 is 0 Å². The maximum atomic E-state index is 12.7. The van der Waals surface area contributed by atoms with Gasteiger partial charge in [-0.05, 0) is 48.0 Å². The fraction of sp³-hybridized carbons (Fsp3) is 0.0476. The van der Waals surface area contributed by atoms with Gasteiger partial charge in [-0.2, -0.15) is 0 Å². The van der Waals surface area contributed by atoms with Crippen LogP contribution in [0.15, 0.2) is 77.6 Å². The second-order valence-electron chi connectivity index (χ2n) is 5.86. The van der Waals surface area contributed by atoms with Crippen molar-refractivity contribution in [1.29, 1.82) is 0 Å². The van der Waals surface area contributed by atoms with Crippen LogP contribution < -0.4 is 14.8 Å². The fourth-order valence-corrected chi connectivity index (χ4v) is 2.87. The number of methoxy groups -OCH3 is 1. The molecule has 0 amide bonds. The van der Waals surface area contributed by atoms with Crippen molar-refractivity contribution in [3.63, 3.8) is 0 Å². The lowest BCUT2D eigenvalue weighted by Gasteiger charge is -2.02. The summed E-state index contributed by atoms with van der Waals surface area (Å²) in [6, 6.07) is 23.3. The van der Waals surface area contributed by atoms with Gasteiger partial charge in [0.2, 0.25) is 5.52 Å². The summed E-state index contributed by atoms with van der Waals surface area (Å²) >= 11 is 0. The van der Waals surface area contributed by atoms with Gasteiger partial charge in [-0.3, -0.25) is 0 Å². The average molecular weight is 344 g/mol. The number of benzene rings is 2. The van der Waals surface area contributed by atoms with E-state index in [4.69, 9.17) is 4.74 Å². The molecule has 4 rings (SSSR count). The largest absolute Gasteiger partial charge is 0.497 e. The maximum absolute atomic E-state index is 12.7. The molecule has 0 bridgehead atoms. The Labute approximate surface area is 150 Å². The van der Waals surface area contributed by atoms with Crippen LogP contribution >= 0.6 is 0 Å². The molecule has 128 valence electrons. The van der Waals surface area contributed by atoms with Crippen LogP contribution in [0.3, 0.4) is 0 Å². The summed E-state index contributed by atoms with van der Waals surface area (Å²) < 4.78 is 8.48. The first-order valence-corrected chi connectivity index (χ1v) is 8.29. The molecule has 2 heterocycles. The van der Waals surface area contributed by atoms with Crippen LogP contribution in [0.5, 0.6) is 5.75 Å². The zero-order chi connectivity index (χ0) is 17.9. The van der Waals surface area contributed by atoms with Crippen LogP contribution in [0.2, 0.25) is 0 Å². The van der Waals surface area contributed by atoms with E-state index in [9.17, 15) is 4.79 Å². The number of hydrogen-bond acceptors (Lipinski definition) is 2. The SMILES string of the molecule is COc1ccc(-c2cccc3c(=O)n(/C=C/c4ccccc4)[nH][n+]23)cc1. The van der Waals surface area contributed by atoms with E-state index in [1.807, 2.05) is 72.8 Å². The Kier molecular flexibility index (Phi) is 4.11. The van der Waals surface area contributed by atoms with Crippen LogP contribution in [0, 0.1) is 0 Å². The van der Waals surface area contributed by atoms with Crippen molar-refractivity contribution in [2.75, 3.05) is 7.11 Å². The lowest BCUT2D eigenvalue weighted by Crippen LogP contribution is -2.27. The third kappa shape index (κ3) is 2.91. The topological polar surface area (TPSA) is 51.1 Å². The first-order valence-electron chi connectivity index (χ1n) is 8.29.